The Morgan fingerprint density at radius 2 is 0.813 bits per heavy atom. The van der Waals surface area contributed by atoms with Crippen LogP contribution in [-0.4, -0.2) is 146 Å². The van der Waals surface area contributed by atoms with Gasteiger partial charge in [-0.2, -0.15) is 0 Å². The predicted octanol–water partition coefficient (Wildman–Crippen LogP) is 7.70. The van der Waals surface area contributed by atoms with Gasteiger partial charge in [-0.1, -0.05) is 48.5 Å². The Balaban J connectivity index is 0.682. The second kappa shape index (κ2) is 25.0. The molecule has 91 heavy (non-hydrogen) atoms. The number of esters is 6. The third-order valence-electron chi connectivity index (χ3n) is 23.5. The molecule has 1 amide bonds. The first-order chi connectivity index (χ1) is 43.1. The number of hydrogen-bond acceptors (Lipinski definition) is 26. The number of nitrogens with one attached hydrogen (secondary N) is 1. The molecule has 0 radical (unpaired) electrons. The first-order valence-corrected chi connectivity index (χ1v) is 33.1. The summed E-state index contributed by atoms with van der Waals surface area (Å²) in [7, 11) is 1.06. The molecule has 27 heteroatoms. The van der Waals surface area contributed by atoms with Crippen LogP contribution in [0.4, 0.5) is 4.79 Å². The Morgan fingerprint density at radius 3 is 1.26 bits per heavy atom. The molecule has 15 fully saturated rings. The van der Waals surface area contributed by atoms with Gasteiger partial charge in [0.25, 0.3) is 0 Å². The van der Waals surface area contributed by atoms with E-state index in [2.05, 4.69) is 33.0 Å². The van der Waals surface area contributed by atoms with Crippen molar-refractivity contribution in [3.63, 3.8) is 0 Å². The second-order valence-electron chi connectivity index (χ2n) is 29.3. The van der Waals surface area contributed by atoms with Crippen molar-refractivity contribution in [1.29, 1.82) is 0 Å². The lowest BCUT2D eigenvalue weighted by molar-refractivity contribution is -0.586. The molecule has 3 saturated carbocycles. The molecule has 0 unspecified atom stereocenters. The van der Waals surface area contributed by atoms with Crippen LogP contribution in [-0.2, 0) is 120 Å². The molecule has 0 aromatic heterocycles. The van der Waals surface area contributed by atoms with E-state index >= 15 is 0 Å². The minimum Gasteiger partial charge on any atom is -0.463 e. The average molecular weight is 1290 g/mol. The molecule has 6 bridgehead atoms. The van der Waals surface area contributed by atoms with Crippen molar-refractivity contribution in [2.75, 3.05) is 26.9 Å². The van der Waals surface area contributed by atoms with Gasteiger partial charge >= 0.3 is 41.9 Å². The SMILES string of the molecule is COC(=O)NC(COC(=O)CCC(=O)O[C@@H]1O[C@@H]2O[C@@]3(C)CC[C@H]4[C@H](C)CC[C@@H]([C@H]1C)[C@@]24OO3)(COC(=O)CCC(=O)O[C@@H]1O[C@@H]2O[C@@]3(C)CC[C@H]4[C@H](C)CC[C@@H]([C@H]1C)[C@@]24OO3)COC(=O)CCC(=O)O[C@@H]1O[C@@H]2O[C@@]3(C)CC[C@H]4[C@H](C)CC[C@@](C)([C@H]1C)[C@@]24OO3. The van der Waals surface area contributed by atoms with Crippen LogP contribution in [0.3, 0.4) is 0 Å². The first kappa shape index (κ1) is 66.6. The zero-order chi connectivity index (χ0) is 64.8. The zero-order valence-electron chi connectivity index (χ0n) is 54.3. The molecule has 15 aliphatic rings. The van der Waals surface area contributed by atoms with Crippen LogP contribution in [0.15, 0.2) is 0 Å². The normalized spacial score (nSPS) is 45.6. The van der Waals surface area contributed by atoms with Crippen molar-refractivity contribution in [3.8, 4) is 0 Å². The minimum atomic E-state index is -2.06. The maximum atomic E-state index is 13.7. The molecule has 24 atom stereocenters. The maximum absolute atomic E-state index is 13.7. The summed E-state index contributed by atoms with van der Waals surface area (Å²) in [6.07, 6.45) is -0.723. The van der Waals surface area contributed by atoms with Crippen LogP contribution in [0.2, 0.25) is 0 Å². The van der Waals surface area contributed by atoms with Gasteiger partial charge in [0.1, 0.15) is 25.4 Å². The van der Waals surface area contributed by atoms with Crippen LogP contribution < -0.4 is 5.32 Å². The van der Waals surface area contributed by atoms with E-state index in [1.807, 2.05) is 20.8 Å². The van der Waals surface area contributed by atoms with Crippen molar-refractivity contribution in [3.05, 3.63) is 0 Å². The molecule has 1 N–H and O–H groups in total. The smallest absolute Gasteiger partial charge is 0.407 e. The number of carbonyl (C=O) groups excluding carboxylic acids is 7. The maximum Gasteiger partial charge on any atom is 0.407 e. The Labute approximate surface area is 529 Å². The molecule has 3 aliphatic carbocycles. The molecule has 12 heterocycles. The molecule has 15 rings (SSSR count). The molecular formula is C64H93NO26. The number of alkyl carbamates (subject to hydrolysis) is 1. The number of fused-ring (bicyclic) bond motifs is 6. The fraction of sp³-hybridized carbons (Fsp3) is 0.891. The van der Waals surface area contributed by atoms with Gasteiger partial charge in [0.15, 0.2) is 35.7 Å². The highest BCUT2D eigenvalue weighted by molar-refractivity contribution is 5.79. The summed E-state index contributed by atoms with van der Waals surface area (Å²) in [6.45, 7) is 17.4. The predicted molar refractivity (Wildman–Crippen MR) is 302 cm³/mol. The Hall–Kier alpha value is -4.39. The zero-order valence-corrected chi connectivity index (χ0v) is 54.3. The largest absolute Gasteiger partial charge is 0.463 e. The third kappa shape index (κ3) is 11.9. The van der Waals surface area contributed by atoms with E-state index in [0.717, 1.165) is 64.9 Å². The van der Waals surface area contributed by atoms with E-state index in [1.54, 1.807) is 20.8 Å². The van der Waals surface area contributed by atoms with E-state index in [0.29, 0.717) is 37.0 Å². The third-order valence-corrected chi connectivity index (χ3v) is 23.5. The molecular weight excluding hydrogens is 1200 g/mol. The molecule has 12 aliphatic heterocycles. The van der Waals surface area contributed by atoms with Crippen molar-refractivity contribution >= 4 is 41.9 Å². The summed E-state index contributed by atoms with van der Waals surface area (Å²) in [5.74, 6) is -8.60. The monoisotopic (exact) mass is 1290 g/mol. The highest BCUT2D eigenvalue weighted by Gasteiger charge is 2.76. The standard InChI is InChI=1S/C64H93NO26/c1-33-12-14-42-36(4)50(80-53-62(42)39(33)23-27-58(8,83-53)86-89-62)77-47(69)19-16-44(66)74-30-61(65-56(72)73-11,31-75-45(67)17-20-48(70)78-51-37(5)43-15-13-34(2)40-24-28-59(9)84-54(81-51)63(40,43)90-87-59)32-76-46(68)18-21-49(71)79-52-38(6)57(7)26-22-35(3)41-25-29-60(10)85-55(82-52)64(41,57)91-88-60/h33-43,50-55H,12-32H2,1-11H3,(H,65,72)/t33-,34-,35-,36-,37-,38+,39+,40+,41+,42+,43+,50-,51-,52-,53-,54-,55-,57+,58-,59-,60-,62-,63-,64+/m1/s1. The van der Waals surface area contributed by atoms with Crippen LogP contribution in [0, 0.1) is 70.5 Å². The summed E-state index contributed by atoms with van der Waals surface area (Å²) in [5, 5.41) is 2.49. The van der Waals surface area contributed by atoms with E-state index < -0.39 is 189 Å². The van der Waals surface area contributed by atoms with Gasteiger partial charge in [-0.15, -0.1) is 0 Å². The van der Waals surface area contributed by atoms with Gasteiger partial charge in [-0.05, 0) is 114 Å². The van der Waals surface area contributed by atoms with E-state index in [4.69, 9.17) is 90.9 Å². The van der Waals surface area contributed by atoms with E-state index in [1.165, 1.54) is 0 Å². The van der Waals surface area contributed by atoms with E-state index in [-0.39, 0.29) is 41.4 Å². The highest BCUT2D eigenvalue weighted by Crippen LogP contribution is 2.67. The molecule has 0 aromatic rings. The number of hydrogen-bond donors (Lipinski definition) is 1. The Morgan fingerprint density at radius 1 is 0.429 bits per heavy atom. The van der Waals surface area contributed by atoms with E-state index in [9.17, 15) is 33.6 Å². The number of methoxy groups -OCH3 is 1. The second-order valence-corrected chi connectivity index (χ2v) is 29.3. The fourth-order valence-electron chi connectivity index (χ4n) is 17.9. The summed E-state index contributed by atoms with van der Waals surface area (Å²) < 4.78 is 78.2. The molecule has 27 nitrogen and oxygen atoms in total. The lowest BCUT2D eigenvalue weighted by Gasteiger charge is -2.65. The van der Waals surface area contributed by atoms with Gasteiger partial charge in [0, 0.05) is 54.3 Å². The molecule has 510 valence electrons. The first-order valence-electron chi connectivity index (χ1n) is 33.1. The average Bonchev–Trinajstić information content (AvgIpc) is 1.70. The summed E-state index contributed by atoms with van der Waals surface area (Å²) in [5.41, 5.74) is -5.41. The quantitative estimate of drug-likeness (QED) is 0.0735. The van der Waals surface area contributed by atoms with Crippen LogP contribution in [0.1, 0.15) is 185 Å². The summed E-state index contributed by atoms with van der Waals surface area (Å²) in [4.78, 5) is 132. The van der Waals surface area contributed by atoms with Crippen LogP contribution in [0.25, 0.3) is 0 Å². The molecule has 12 saturated heterocycles. The van der Waals surface area contributed by atoms with Gasteiger partial charge < -0.3 is 66.9 Å². The van der Waals surface area contributed by atoms with Crippen molar-refractivity contribution < 1.29 is 124 Å². The molecule has 0 aromatic carbocycles. The lowest BCUT2D eigenvalue weighted by Crippen LogP contribution is -2.74. The minimum absolute atomic E-state index is 0.0505. The Kier molecular flexibility index (Phi) is 18.3. The van der Waals surface area contributed by atoms with Gasteiger partial charge in [-0.25, -0.2) is 34.1 Å². The summed E-state index contributed by atoms with van der Waals surface area (Å²) in [6, 6.07) is 0. The van der Waals surface area contributed by atoms with Gasteiger partial charge in [-0.3, -0.25) is 28.8 Å². The summed E-state index contributed by atoms with van der Waals surface area (Å²) >= 11 is 0. The van der Waals surface area contributed by atoms with Crippen molar-refractivity contribution in [2.45, 2.75) is 262 Å². The van der Waals surface area contributed by atoms with Crippen molar-refractivity contribution in [1.82, 2.24) is 5.32 Å². The van der Waals surface area contributed by atoms with Gasteiger partial charge in [0.2, 0.25) is 36.2 Å². The van der Waals surface area contributed by atoms with Gasteiger partial charge in [0.05, 0.1) is 45.6 Å². The number of rotatable bonds is 19. The molecule has 3 spiro atoms. The number of carbonyl (C=O) groups is 7. The van der Waals surface area contributed by atoms with Crippen molar-refractivity contribution in [2.24, 2.45) is 70.5 Å². The lowest BCUT2D eigenvalue weighted by atomic mass is 9.50. The Bertz CT molecular complexity index is 2680. The van der Waals surface area contributed by atoms with Crippen LogP contribution in [0.5, 0.6) is 0 Å². The van der Waals surface area contributed by atoms with Crippen LogP contribution >= 0.6 is 0 Å². The topological polar surface area (TPSA) is 307 Å². The number of amides is 1. The fourth-order valence-corrected chi connectivity index (χ4v) is 17.9. The number of ether oxygens (including phenoxy) is 13. The highest BCUT2D eigenvalue weighted by atomic mass is 17.3.